The normalized spacial score (nSPS) is 10.2. The molecule has 0 N–H and O–H groups in total. The van der Waals surface area contributed by atoms with E-state index in [1.165, 1.54) is 10.0 Å². The summed E-state index contributed by atoms with van der Waals surface area (Å²) in [5, 5.41) is 23.2. The van der Waals surface area contributed by atoms with E-state index < -0.39 is 18.4 Å². The molecule has 0 radical (unpaired) electrons. The van der Waals surface area contributed by atoms with E-state index in [4.69, 9.17) is 11.6 Å². The predicted molar refractivity (Wildman–Crippen MR) is 123 cm³/mol. The van der Waals surface area contributed by atoms with Crippen LogP contribution in [0.1, 0.15) is 0 Å². The zero-order valence-electron chi connectivity index (χ0n) is 16.7. The van der Waals surface area contributed by atoms with Gasteiger partial charge in [0.15, 0.2) is 0 Å². The second kappa shape index (κ2) is 12.6. The molecule has 30 heavy (non-hydrogen) atoms. The first-order chi connectivity index (χ1) is 14.4. The van der Waals surface area contributed by atoms with E-state index in [1.54, 1.807) is 30.7 Å². The Morgan fingerprint density at radius 2 is 1.40 bits per heavy atom. The Balaban J connectivity index is 0.000000168. The molecule has 0 aliphatic carbocycles. The molecule has 154 valence electrons. The summed E-state index contributed by atoms with van der Waals surface area (Å²) < 4.78 is 2.02. The molecule has 0 atom stereocenters. The van der Waals surface area contributed by atoms with Gasteiger partial charge in [-0.25, -0.2) is 9.97 Å². The maximum absolute atomic E-state index is 5.70. The third-order valence-corrected chi connectivity index (χ3v) is 9.13. The van der Waals surface area contributed by atoms with Crippen LogP contribution in [-0.4, -0.2) is 58.9 Å². The van der Waals surface area contributed by atoms with Gasteiger partial charge in [-0.3, -0.25) is 0 Å². The Kier molecular flexibility index (Phi) is 10.1. The van der Waals surface area contributed by atoms with Crippen molar-refractivity contribution in [1.82, 2.24) is 40.6 Å². The fourth-order valence-electron chi connectivity index (χ4n) is 1.90. The van der Waals surface area contributed by atoms with Crippen LogP contribution in [0.15, 0.2) is 72.0 Å². The zero-order chi connectivity index (χ0) is 21.8. The van der Waals surface area contributed by atoms with Crippen LogP contribution >= 0.6 is 27.5 Å². The van der Waals surface area contributed by atoms with Crippen molar-refractivity contribution < 1.29 is 0 Å². The standard InChI is InChI=1S/C8H5ClN4.C4H3BrN2.C4H3N2.3CH3.Sn/c9-8-4-7(10-5-11-8)6-2-1-3-12-13-6;5-4-2-1-3-6-7-4;1-2-4-6-5-3-1;;;;/h1-5H;1-3H;1-3H;3*1H3;. The molecule has 0 aliphatic heterocycles. The van der Waals surface area contributed by atoms with Crippen molar-refractivity contribution in [2.75, 3.05) is 0 Å². The third-order valence-electron chi connectivity index (χ3n) is 3.35. The summed E-state index contributed by atoms with van der Waals surface area (Å²) in [6.07, 6.45) is 6.35. The van der Waals surface area contributed by atoms with E-state index in [9.17, 15) is 0 Å². The van der Waals surface area contributed by atoms with Crippen molar-refractivity contribution in [1.29, 1.82) is 0 Å². The molecule has 0 amide bonds. The molecule has 11 heteroatoms. The Labute approximate surface area is 192 Å². The van der Waals surface area contributed by atoms with Gasteiger partial charge >= 0.3 is 65.4 Å². The first-order valence-electron chi connectivity index (χ1n) is 8.83. The second-order valence-corrected chi connectivity index (χ2v) is 22.2. The molecule has 0 fully saturated rings. The predicted octanol–water partition coefficient (Wildman–Crippen LogP) is 3.85. The fourth-order valence-corrected chi connectivity index (χ4v) is 5.01. The number of halogens is 2. The summed E-state index contributed by atoms with van der Waals surface area (Å²) in [6, 6.07) is 12.9. The Bertz CT molecular complexity index is 1000. The van der Waals surface area contributed by atoms with Gasteiger partial charge in [0.2, 0.25) is 0 Å². The van der Waals surface area contributed by atoms with Gasteiger partial charge in [-0.05, 0) is 40.2 Å². The van der Waals surface area contributed by atoms with Crippen LogP contribution in [0.4, 0.5) is 0 Å². The van der Waals surface area contributed by atoms with Crippen molar-refractivity contribution in [3.05, 3.63) is 77.1 Å². The van der Waals surface area contributed by atoms with Crippen LogP contribution in [0.2, 0.25) is 20.0 Å². The molecule has 0 unspecified atom stereocenters. The van der Waals surface area contributed by atoms with Gasteiger partial charge < -0.3 is 0 Å². The molecule has 8 nitrogen and oxygen atoms in total. The van der Waals surface area contributed by atoms with Crippen LogP contribution < -0.4 is 3.71 Å². The Morgan fingerprint density at radius 3 is 1.80 bits per heavy atom. The van der Waals surface area contributed by atoms with Gasteiger partial charge in [0.25, 0.3) is 0 Å². The molecule has 4 heterocycles. The third kappa shape index (κ3) is 9.14. The number of nitrogens with zero attached hydrogens (tertiary/aromatic N) is 8. The van der Waals surface area contributed by atoms with Crippen molar-refractivity contribution in [2.45, 2.75) is 14.8 Å². The molecule has 0 saturated heterocycles. The van der Waals surface area contributed by atoms with Crippen molar-refractivity contribution in [3.8, 4) is 11.4 Å². The monoisotopic (exact) mass is 594 g/mol. The number of hydrogen-bond donors (Lipinski definition) is 0. The van der Waals surface area contributed by atoms with Gasteiger partial charge in [-0.15, -0.1) is 10.2 Å². The van der Waals surface area contributed by atoms with Crippen molar-refractivity contribution >= 4 is 49.6 Å². The molecule has 4 aromatic heterocycles. The number of aromatic nitrogens is 8. The van der Waals surface area contributed by atoms with E-state index in [-0.39, 0.29) is 0 Å². The fraction of sp³-hybridized carbons (Fsp3) is 0.158. The first-order valence-corrected chi connectivity index (χ1v) is 20.0. The zero-order valence-corrected chi connectivity index (χ0v) is 21.9. The molecule has 0 bridgehead atoms. The van der Waals surface area contributed by atoms with Gasteiger partial charge in [0, 0.05) is 18.5 Å². The maximum atomic E-state index is 5.70. The van der Waals surface area contributed by atoms with Crippen LogP contribution in [0.5, 0.6) is 0 Å². The SMILES string of the molecule is Brc1cccnn1.Clc1cc(-c2cccnn2)ncn1.[CH3][Sn]([CH3])([CH3])[c]1cccnn1. The quantitative estimate of drug-likeness (QED) is 0.255. The van der Waals surface area contributed by atoms with Gasteiger partial charge in [0.05, 0.1) is 5.69 Å². The summed E-state index contributed by atoms with van der Waals surface area (Å²) in [5.74, 6) is 0. The minimum absolute atomic E-state index is 0.399. The number of hydrogen-bond acceptors (Lipinski definition) is 8. The van der Waals surface area contributed by atoms with Gasteiger partial charge in [-0.1, -0.05) is 11.6 Å². The first kappa shape index (κ1) is 24.2. The van der Waals surface area contributed by atoms with Crippen molar-refractivity contribution in [3.63, 3.8) is 0 Å². The Morgan fingerprint density at radius 1 is 0.767 bits per heavy atom. The van der Waals surface area contributed by atoms with E-state index in [1.807, 2.05) is 24.3 Å². The van der Waals surface area contributed by atoms with Crippen LogP contribution in [0.3, 0.4) is 0 Å². The summed E-state index contributed by atoms with van der Waals surface area (Å²) in [6.45, 7) is 0. The summed E-state index contributed by atoms with van der Waals surface area (Å²) >= 11 is 6.95. The van der Waals surface area contributed by atoms with E-state index in [0.29, 0.717) is 16.5 Å². The van der Waals surface area contributed by atoms with Crippen LogP contribution in [0.25, 0.3) is 11.4 Å². The van der Waals surface area contributed by atoms with E-state index in [0.717, 1.165) is 4.60 Å². The average molecular weight is 594 g/mol. The summed E-state index contributed by atoms with van der Waals surface area (Å²) in [4.78, 5) is 14.8. The molecular formula is C19H20BrClN8Sn. The molecule has 0 aromatic carbocycles. The molecule has 0 aliphatic rings. The van der Waals surface area contributed by atoms with Crippen molar-refractivity contribution in [2.24, 2.45) is 0 Å². The molecule has 4 rings (SSSR count). The van der Waals surface area contributed by atoms with E-state index >= 15 is 0 Å². The minimum atomic E-state index is -1.89. The van der Waals surface area contributed by atoms with Crippen LogP contribution in [0, 0.1) is 0 Å². The second-order valence-electron chi connectivity index (χ2n) is 6.74. The molecule has 4 aromatic rings. The van der Waals surface area contributed by atoms with Gasteiger partial charge in [-0.2, -0.15) is 10.2 Å². The van der Waals surface area contributed by atoms with Gasteiger partial charge in [0.1, 0.15) is 21.8 Å². The molecular weight excluding hydrogens is 574 g/mol. The Hall–Kier alpha value is -2.11. The average Bonchev–Trinajstić information content (AvgIpc) is 2.76. The van der Waals surface area contributed by atoms with Crippen LogP contribution in [-0.2, 0) is 0 Å². The summed E-state index contributed by atoms with van der Waals surface area (Å²) in [7, 11) is 0. The number of rotatable bonds is 2. The topological polar surface area (TPSA) is 103 Å². The molecule has 0 saturated carbocycles. The van der Waals surface area contributed by atoms with E-state index in [2.05, 4.69) is 77.4 Å². The summed E-state index contributed by atoms with van der Waals surface area (Å²) in [5.41, 5.74) is 1.36. The molecule has 0 spiro atoms.